The smallest absolute Gasteiger partial charge is 0.124 e. The molecule has 0 saturated heterocycles. The van der Waals surface area contributed by atoms with Crippen LogP contribution in [-0.4, -0.2) is 15.0 Å². The quantitative estimate of drug-likeness (QED) is 0.910. The van der Waals surface area contributed by atoms with Crippen LogP contribution < -0.4 is 5.73 Å². The highest BCUT2D eigenvalue weighted by molar-refractivity contribution is 6.31. The van der Waals surface area contributed by atoms with Crippen LogP contribution in [0.2, 0.25) is 5.02 Å². The minimum Gasteiger partial charge on any atom is -0.324 e. The summed E-state index contributed by atoms with van der Waals surface area (Å²) in [5.41, 5.74) is 7.49. The maximum Gasteiger partial charge on any atom is 0.124 e. The Bertz CT molecular complexity index is 526. The fourth-order valence-electron chi connectivity index (χ4n) is 1.63. The highest BCUT2D eigenvalue weighted by Crippen LogP contribution is 2.24. The molecule has 90 valence electrons. The topological polar surface area (TPSA) is 56.7 Å². The fourth-order valence-corrected chi connectivity index (χ4v) is 1.93. The van der Waals surface area contributed by atoms with Crippen molar-refractivity contribution in [1.82, 2.24) is 15.0 Å². The number of hydrogen-bond donors (Lipinski definition) is 1. The summed E-state index contributed by atoms with van der Waals surface area (Å²) < 4.78 is 14.5. The lowest BCUT2D eigenvalue weighted by molar-refractivity contribution is 0.624. The molecule has 0 aliphatic heterocycles. The number of aryl methyl sites for hydroxylation is 1. The molecule has 17 heavy (non-hydrogen) atoms. The maximum atomic E-state index is 12.9. The minimum atomic E-state index is -0.370. The van der Waals surface area contributed by atoms with Crippen molar-refractivity contribution in [1.29, 1.82) is 0 Å². The predicted molar refractivity (Wildman–Crippen MR) is 63.0 cm³/mol. The number of aromatic nitrogens is 3. The van der Waals surface area contributed by atoms with E-state index in [1.165, 1.54) is 12.1 Å². The van der Waals surface area contributed by atoms with Gasteiger partial charge in [0.2, 0.25) is 0 Å². The van der Waals surface area contributed by atoms with Gasteiger partial charge in [0.15, 0.2) is 0 Å². The second-order valence-electron chi connectivity index (χ2n) is 3.86. The van der Waals surface area contributed by atoms with Gasteiger partial charge in [-0.3, -0.25) is 4.68 Å². The number of rotatable bonds is 3. The van der Waals surface area contributed by atoms with Gasteiger partial charge in [-0.2, -0.15) is 0 Å². The average molecular weight is 255 g/mol. The fraction of sp³-hybridized carbons (Fsp3) is 0.273. The Morgan fingerprint density at radius 2 is 2.29 bits per heavy atom. The van der Waals surface area contributed by atoms with Crippen LogP contribution in [0.15, 0.2) is 24.4 Å². The van der Waals surface area contributed by atoms with E-state index in [1.807, 2.05) is 0 Å². The maximum absolute atomic E-state index is 12.9. The molecule has 1 atom stereocenters. The average Bonchev–Trinajstić information content (AvgIpc) is 2.63. The summed E-state index contributed by atoms with van der Waals surface area (Å²) >= 11 is 5.93. The third-order valence-corrected chi connectivity index (χ3v) is 2.77. The summed E-state index contributed by atoms with van der Waals surface area (Å²) in [5, 5.41) is 8.10. The van der Waals surface area contributed by atoms with Crippen molar-refractivity contribution in [3.63, 3.8) is 0 Å². The van der Waals surface area contributed by atoms with Gasteiger partial charge in [-0.15, -0.1) is 5.10 Å². The zero-order valence-corrected chi connectivity index (χ0v) is 10.0. The van der Waals surface area contributed by atoms with E-state index in [0.29, 0.717) is 17.0 Å². The molecule has 0 amide bonds. The lowest BCUT2D eigenvalue weighted by atomic mass is 10.0. The van der Waals surface area contributed by atoms with Crippen LogP contribution in [0.4, 0.5) is 4.39 Å². The largest absolute Gasteiger partial charge is 0.324 e. The number of benzene rings is 1. The zero-order chi connectivity index (χ0) is 12.4. The van der Waals surface area contributed by atoms with Gasteiger partial charge in [0, 0.05) is 30.7 Å². The van der Waals surface area contributed by atoms with E-state index in [4.69, 9.17) is 17.3 Å². The first-order valence-corrected chi connectivity index (χ1v) is 5.50. The highest BCUT2D eigenvalue weighted by atomic mass is 35.5. The summed E-state index contributed by atoms with van der Waals surface area (Å²) in [6.07, 6.45) is 2.30. The zero-order valence-electron chi connectivity index (χ0n) is 9.27. The second-order valence-corrected chi connectivity index (χ2v) is 4.27. The first kappa shape index (κ1) is 12.0. The van der Waals surface area contributed by atoms with Gasteiger partial charge >= 0.3 is 0 Å². The Labute approximate surface area is 103 Å². The Balaban J connectivity index is 2.17. The third kappa shape index (κ3) is 2.81. The standard InChI is InChI=1S/C11H12ClFN4/c1-17-6-8(15-16-17)5-11(14)9-3-2-7(13)4-10(9)12/h2-4,6,11H,5,14H2,1H3. The molecule has 2 N–H and O–H groups in total. The van der Waals surface area contributed by atoms with Crippen molar-refractivity contribution in [2.75, 3.05) is 0 Å². The van der Waals surface area contributed by atoms with E-state index in [-0.39, 0.29) is 11.9 Å². The number of hydrogen-bond acceptors (Lipinski definition) is 3. The Morgan fingerprint density at radius 1 is 1.53 bits per heavy atom. The van der Waals surface area contributed by atoms with Crippen molar-refractivity contribution in [3.8, 4) is 0 Å². The van der Waals surface area contributed by atoms with Gasteiger partial charge < -0.3 is 5.73 Å². The van der Waals surface area contributed by atoms with Crippen LogP contribution >= 0.6 is 11.6 Å². The number of halogens is 2. The van der Waals surface area contributed by atoms with Crippen molar-refractivity contribution in [3.05, 3.63) is 46.5 Å². The molecule has 0 aliphatic rings. The van der Waals surface area contributed by atoms with Crippen LogP contribution in [0.1, 0.15) is 17.3 Å². The first-order valence-electron chi connectivity index (χ1n) is 5.12. The van der Waals surface area contributed by atoms with Crippen LogP contribution in [-0.2, 0) is 13.5 Å². The molecule has 0 radical (unpaired) electrons. The number of nitrogens with two attached hydrogens (primary N) is 1. The summed E-state index contributed by atoms with van der Waals surface area (Å²) in [4.78, 5) is 0. The van der Waals surface area contributed by atoms with E-state index >= 15 is 0 Å². The predicted octanol–water partition coefficient (Wildman–Crippen LogP) is 1.85. The summed E-state index contributed by atoms with van der Waals surface area (Å²) in [7, 11) is 1.78. The van der Waals surface area contributed by atoms with Crippen LogP contribution in [0, 0.1) is 5.82 Å². The molecule has 1 unspecified atom stereocenters. The molecule has 6 heteroatoms. The molecule has 0 saturated carbocycles. The van der Waals surface area contributed by atoms with E-state index in [0.717, 1.165) is 5.69 Å². The molecular formula is C11H12ClFN4. The van der Waals surface area contributed by atoms with Gasteiger partial charge in [-0.05, 0) is 17.7 Å². The van der Waals surface area contributed by atoms with Crippen molar-refractivity contribution >= 4 is 11.6 Å². The molecule has 0 aliphatic carbocycles. The van der Waals surface area contributed by atoms with E-state index in [2.05, 4.69) is 10.3 Å². The highest BCUT2D eigenvalue weighted by Gasteiger charge is 2.13. The van der Waals surface area contributed by atoms with E-state index in [1.54, 1.807) is 24.0 Å². The van der Waals surface area contributed by atoms with Gasteiger partial charge in [0.05, 0.1) is 5.69 Å². The summed E-state index contributed by atoms with van der Waals surface area (Å²) in [5.74, 6) is -0.370. The molecule has 1 heterocycles. The molecule has 2 rings (SSSR count). The van der Waals surface area contributed by atoms with Crippen LogP contribution in [0.3, 0.4) is 0 Å². The molecule has 4 nitrogen and oxygen atoms in total. The second kappa shape index (κ2) is 4.81. The minimum absolute atomic E-state index is 0.320. The molecule has 0 spiro atoms. The lowest BCUT2D eigenvalue weighted by Gasteiger charge is -2.11. The van der Waals surface area contributed by atoms with Crippen LogP contribution in [0.5, 0.6) is 0 Å². The first-order chi connectivity index (χ1) is 8.06. The Kier molecular flexibility index (Phi) is 3.40. The van der Waals surface area contributed by atoms with E-state index in [9.17, 15) is 4.39 Å². The number of nitrogens with zero attached hydrogens (tertiary/aromatic N) is 3. The van der Waals surface area contributed by atoms with Gasteiger partial charge in [-0.1, -0.05) is 22.9 Å². The van der Waals surface area contributed by atoms with Gasteiger partial charge in [-0.25, -0.2) is 4.39 Å². The molecular weight excluding hydrogens is 243 g/mol. The molecule has 0 bridgehead atoms. The van der Waals surface area contributed by atoms with E-state index < -0.39 is 0 Å². The SMILES string of the molecule is Cn1cc(CC(N)c2ccc(F)cc2Cl)nn1. The van der Waals surface area contributed by atoms with Gasteiger partial charge in [0.25, 0.3) is 0 Å². The van der Waals surface area contributed by atoms with Crippen molar-refractivity contribution in [2.24, 2.45) is 12.8 Å². The summed E-state index contributed by atoms with van der Waals surface area (Å²) in [6, 6.07) is 3.88. The lowest BCUT2D eigenvalue weighted by Crippen LogP contribution is -2.14. The molecule has 1 aromatic carbocycles. The normalized spacial score (nSPS) is 12.7. The molecule has 0 fully saturated rings. The monoisotopic (exact) mass is 254 g/mol. The van der Waals surface area contributed by atoms with Gasteiger partial charge in [0.1, 0.15) is 5.82 Å². The van der Waals surface area contributed by atoms with Crippen molar-refractivity contribution < 1.29 is 4.39 Å². The Morgan fingerprint density at radius 3 is 2.88 bits per heavy atom. The van der Waals surface area contributed by atoms with Crippen molar-refractivity contribution in [2.45, 2.75) is 12.5 Å². The third-order valence-electron chi connectivity index (χ3n) is 2.44. The molecule has 2 aromatic rings. The Hall–Kier alpha value is -1.46. The summed E-state index contributed by atoms with van der Waals surface area (Å²) in [6.45, 7) is 0. The van der Waals surface area contributed by atoms with Crippen LogP contribution in [0.25, 0.3) is 0 Å². The molecule has 1 aromatic heterocycles.